The number of rotatable bonds is 3. The van der Waals surface area contributed by atoms with E-state index in [0.29, 0.717) is 6.04 Å². The van der Waals surface area contributed by atoms with Gasteiger partial charge in [-0.2, -0.15) is 0 Å². The fraction of sp³-hybridized carbons (Fsp3) is 0.417. The van der Waals surface area contributed by atoms with E-state index in [1.807, 2.05) is 24.3 Å². The summed E-state index contributed by atoms with van der Waals surface area (Å²) >= 11 is 0. The summed E-state index contributed by atoms with van der Waals surface area (Å²) in [7, 11) is 0. The molecule has 1 unspecified atom stereocenters. The second-order valence-corrected chi connectivity index (χ2v) is 4.07. The van der Waals surface area contributed by atoms with Crippen molar-refractivity contribution in [1.29, 1.82) is 0 Å². The molecule has 0 aromatic heterocycles. The van der Waals surface area contributed by atoms with Gasteiger partial charge < -0.3 is 10.0 Å². The Bertz CT molecular complexity index is 358. The third-order valence-corrected chi connectivity index (χ3v) is 2.94. The van der Waals surface area contributed by atoms with E-state index in [2.05, 4.69) is 11.8 Å². The summed E-state index contributed by atoms with van der Waals surface area (Å²) in [4.78, 5) is 12.8. The lowest BCUT2D eigenvalue weighted by molar-refractivity contribution is -0.136. The van der Waals surface area contributed by atoms with Crippen LogP contribution in [0.4, 0.5) is 5.69 Å². The van der Waals surface area contributed by atoms with Crippen LogP contribution in [0.3, 0.4) is 0 Å². The molecule has 1 aromatic carbocycles. The van der Waals surface area contributed by atoms with E-state index in [1.165, 1.54) is 12.1 Å². The maximum Gasteiger partial charge on any atom is 0.307 e. The lowest BCUT2D eigenvalue weighted by atomic mass is 10.0. The molecule has 3 nitrogen and oxygen atoms in total. The van der Waals surface area contributed by atoms with E-state index in [9.17, 15) is 4.79 Å². The van der Waals surface area contributed by atoms with E-state index in [1.54, 1.807) is 0 Å². The molecular formula is C12H15NO2. The molecule has 1 atom stereocenters. The minimum Gasteiger partial charge on any atom is -0.481 e. The standard InChI is InChI=1S/C12H15NO2/c1-9-6-7-13(9)11-4-2-10(3-5-11)8-12(14)15/h2-5,9H,6-8H2,1H3,(H,14,15). The number of hydrogen-bond acceptors (Lipinski definition) is 2. The van der Waals surface area contributed by atoms with Gasteiger partial charge in [0.25, 0.3) is 0 Å². The van der Waals surface area contributed by atoms with Crippen LogP contribution in [0.1, 0.15) is 18.9 Å². The summed E-state index contributed by atoms with van der Waals surface area (Å²) in [6, 6.07) is 8.43. The summed E-state index contributed by atoms with van der Waals surface area (Å²) in [5.41, 5.74) is 2.06. The Kier molecular flexibility index (Phi) is 2.62. The number of carboxylic acids is 1. The molecule has 0 saturated carbocycles. The minimum atomic E-state index is -0.778. The molecule has 1 aliphatic rings. The molecule has 0 amide bonds. The van der Waals surface area contributed by atoms with Crippen molar-refractivity contribution in [3.05, 3.63) is 29.8 Å². The number of carbonyl (C=O) groups is 1. The Balaban J connectivity index is 2.06. The zero-order valence-electron chi connectivity index (χ0n) is 8.81. The Morgan fingerprint density at radius 3 is 2.53 bits per heavy atom. The molecule has 0 spiro atoms. The monoisotopic (exact) mass is 205 g/mol. The van der Waals surface area contributed by atoms with Gasteiger partial charge in [0.05, 0.1) is 6.42 Å². The molecule has 1 aliphatic heterocycles. The van der Waals surface area contributed by atoms with Crippen molar-refractivity contribution in [2.75, 3.05) is 11.4 Å². The third-order valence-electron chi connectivity index (χ3n) is 2.94. The van der Waals surface area contributed by atoms with Crippen molar-refractivity contribution in [3.8, 4) is 0 Å². The van der Waals surface area contributed by atoms with Gasteiger partial charge in [0.2, 0.25) is 0 Å². The first-order valence-electron chi connectivity index (χ1n) is 5.24. The van der Waals surface area contributed by atoms with E-state index in [0.717, 1.165) is 12.1 Å². The normalized spacial score (nSPS) is 19.8. The van der Waals surface area contributed by atoms with Crippen molar-refractivity contribution >= 4 is 11.7 Å². The lowest BCUT2D eigenvalue weighted by Crippen LogP contribution is -2.45. The van der Waals surface area contributed by atoms with Crippen molar-refractivity contribution in [1.82, 2.24) is 0 Å². The summed E-state index contributed by atoms with van der Waals surface area (Å²) in [5, 5.41) is 8.63. The molecule has 15 heavy (non-hydrogen) atoms. The number of anilines is 1. The molecule has 80 valence electrons. The predicted octanol–water partition coefficient (Wildman–Crippen LogP) is 1.91. The van der Waals surface area contributed by atoms with Crippen LogP contribution in [0.5, 0.6) is 0 Å². The van der Waals surface area contributed by atoms with Gasteiger partial charge in [0.1, 0.15) is 0 Å². The molecule has 1 N–H and O–H groups in total. The van der Waals surface area contributed by atoms with Crippen molar-refractivity contribution in [2.45, 2.75) is 25.8 Å². The predicted molar refractivity (Wildman–Crippen MR) is 59.2 cm³/mol. The molecule has 0 radical (unpaired) electrons. The average Bonchev–Trinajstić information content (AvgIpc) is 2.18. The number of nitrogens with zero attached hydrogens (tertiary/aromatic N) is 1. The summed E-state index contributed by atoms with van der Waals surface area (Å²) in [6.45, 7) is 3.31. The molecule has 3 heteroatoms. The highest BCUT2D eigenvalue weighted by Gasteiger charge is 2.23. The molecule has 1 fully saturated rings. The van der Waals surface area contributed by atoms with Crippen LogP contribution in [-0.2, 0) is 11.2 Å². The fourth-order valence-corrected chi connectivity index (χ4v) is 1.88. The topological polar surface area (TPSA) is 40.5 Å². The Morgan fingerprint density at radius 1 is 1.47 bits per heavy atom. The molecule has 1 aromatic rings. The highest BCUT2D eigenvalue weighted by molar-refractivity contribution is 5.70. The fourth-order valence-electron chi connectivity index (χ4n) is 1.88. The molecule has 2 rings (SSSR count). The van der Waals surface area contributed by atoms with Gasteiger partial charge in [0, 0.05) is 18.3 Å². The Morgan fingerprint density at radius 2 is 2.13 bits per heavy atom. The van der Waals surface area contributed by atoms with Crippen molar-refractivity contribution < 1.29 is 9.90 Å². The number of carboxylic acid groups (broad SMARTS) is 1. The van der Waals surface area contributed by atoms with E-state index in [4.69, 9.17) is 5.11 Å². The van der Waals surface area contributed by atoms with Crippen LogP contribution < -0.4 is 4.90 Å². The molecular weight excluding hydrogens is 190 g/mol. The first-order chi connectivity index (χ1) is 7.16. The number of aliphatic carboxylic acids is 1. The summed E-state index contributed by atoms with van der Waals surface area (Å²) in [6.07, 6.45) is 1.35. The smallest absolute Gasteiger partial charge is 0.307 e. The first kappa shape index (κ1) is 10.0. The minimum absolute atomic E-state index is 0.107. The van der Waals surface area contributed by atoms with E-state index < -0.39 is 5.97 Å². The van der Waals surface area contributed by atoms with Crippen LogP contribution in [0, 0.1) is 0 Å². The van der Waals surface area contributed by atoms with Gasteiger partial charge in [0.15, 0.2) is 0 Å². The lowest BCUT2D eigenvalue weighted by Gasteiger charge is -2.40. The van der Waals surface area contributed by atoms with Gasteiger partial charge in [-0.25, -0.2) is 0 Å². The van der Waals surface area contributed by atoms with Crippen LogP contribution in [0.15, 0.2) is 24.3 Å². The zero-order chi connectivity index (χ0) is 10.8. The van der Waals surface area contributed by atoms with E-state index >= 15 is 0 Å². The third kappa shape index (κ3) is 2.12. The van der Waals surface area contributed by atoms with Gasteiger partial charge in [-0.1, -0.05) is 12.1 Å². The summed E-state index contributed by atoms with van der Waals surface area (Å²) < 4.78 is 0. The SMILES string of the molecule is CC1CCN1c1ccc(CC(=O)O)cc1. The molecule has 1 saturated heterocycles. The van der Waals surface area contributed by atoms with Gasteiger partial charge >= 0.3 is 5.97 Å². The quantitative estimate of drug-likeness (QED) is 0.819. The van der Waals surface area contributed by atoms with Crippen molar-refractivity contribution in [2.24, 2.45) is 0 Å². The number of benzene rings is 1. The van der Waals surface area contributed by atoms with Crippen LogP contribution in [-0.4, -0.2) is 23.7 Å². The van der Waals surface area contributed by atoms with Crippen LogP contribution >= 0.6 is 0 Å². The van der Waals surface area contributed by atoms with Crippen LogP contribution in [0.2, 0.25) is 0 Å². The highest BCUT2D eigenvalue weighted by Crippen LogP contribution is 2.26. The number of hydrogen-bond donors (Lipinski definition) is 1. The maximum atomic E-state index is 10.5. The van der Waals surface area contributed by atoms with E-state index in [-0.39, 0.29) is 6.42 Å². The molecule has 0 bridgehead atoms. The van der Waals surface area contributed by atoms with Crippen LogP contribution in [0.25, 0.3) is 0 Å². The van der Waals surface area contributed by atoms with Gasteiger partial charge in [-0.3, -0.25) is 4.79 Å². The zero-order valence-corrected chi connectivity index (χ0v) is 8.81. The Labute approximate surface area is 89.3 Å². The van der Waals surface area contributed by atoms with Gasteiger partial charge in [-0.15, -0.1) is 0 Å². The largest absolute Gasteiger partial charge is 0.481 e. The average molecular weight is 205 g/mol. The second-order valence-electron chi connectivity index (χ2n) is 4.07. The first-order valence-corrected chi connectivity index (χ1v) is 5.24. The van der Waals surface area contributed by atoms with Gasteiger partial charge in [-0.05, 0) is 31.0 Å². The second kappa shape index (κ2) is 3.93. The highest BCUT2D eigenvalue weighted by atomic mass is 16.4. The Hall–Kier alpha value is -1.51. The summed E-state index contributed by atoms with van der Waals surface area (Å²) in [5.74, 6) is -0.778. The van der Waals surface area contributed by atoms with Crippen molar-refractivity contribution in [3.63, 3.8) is 0 Å². The molecule has 0 aliphatic carbocycles. The maximum absolute atomic E-state index is 10.5. The molecule has 1 heterocycles.